The van der Waals surface area contributed by atoms with Crippen LogP contribution < -0.4 is 0 Å². The number of rotatable bonds is 4. The summed E-state index contributed by atoms with van der Waals surface area (Å²) in [6.07, 6.45) is 4.52. The van der Waals surface area contributed by atoms with E-state index in [1.54, 1.807) is 0 Å². The molecule has 1 heteroatoms. The summed E-state index contributed by atoms with van der Waals surface area (Å²) < 4.78 is 0. The summed E-state index contributed by atoms with van der Waals surface area (Å²) in [7, 11) is 0. The van der Waals surface area contributed by atoms with Crippen LogP contribution in [0.3, 0.4) is 0 Å². The summed E-state index contributed by atoms with van der Waals surface area (Å²) in [6.45, 7) is 12.0. The lowest BCUT2D eigenvalue weighted by molar-refractivity contribution is 0.106. The fraction of sp³-hybridized carbons (Fsp3) is 0.529. The van der Waals surface area contributed by atoms with Crippen LogP contribution in [0.1, 0.15) is 32.3 Å². The van der Waals surface area contributed by atoms with E-state index in [0.717, 1.165) is 6.54 Å². The first-order chi connectivity index (χ1) is 8.73. The summed E-state index contributed by atoms with van der Waals surface area (Å²) in [6, 6.07) is 11.1. The van der Waals surface area contributed by atoms with Gasteiger partial charge in [-0.3, -0.25) is 4.90 Å². The average Bonchev–Trinajstić information content (AvgIpc) is 2.41. The second-order valence-corrected chi connectivity index (χ2v) is 5.58. The van der Waals surface area contributed by atoms with Gasteiger partial charge in [0, 0.05) is 18.5 Å². The lowest BCUT2D eigenvalue weighted by atomic mass is 9.65. The van der Waals surface area contributed by atoms with Crippen LogP contribution in [0.2, 0.25) is 0 Å². The van der Waals surface area contributed by atoms with Crippen molar-refractivity contribution in [2.75, 3.05) is 19.6 Å². The van der Waals surface area contributed by atoms with Crippen LogP contribution >= 0.6 is 0 Å². The molecule has 2 unspecified atom stereocenters. The van der Waals surface area contributed by atoms with Crippen molar-refractivity contribution in [3.05, 3.63) is 48.6 Å². The van der Waals surface area contributed by atoms with Crippen LogP contribution in [-0.4, -0.2) is 24.5 Å². The van der Waals surface area contributed by atoms with Crippen LogP contribution in [0.5, 0.6) is 0 Å². The van der Waals surface area contributed by atoms with Crippen molar-refractivity contribution >= 4 is 0 Å². The van der Waals surface area contributed by atoms with E-state index in [9.17, 15) is 0 Å². The fourth-order valence-electron chi connectivity index (χ4n) is 3.53. The summed E-state index contributed by atoms with van der Waals surface area (Å²) in [5, 5.41) is 0. The highest BCUT2D eigenvalue weighted by Crippen LogP contribution is 2.42. The molecule has 0 bridgehead atoms. The van der Waals surface area contributed by atoms with Crippen LogP contribution in [0.15, 0.2) is 43.0 Å². The van der Waals surface area contributed by atoms with Gasteiger partial charge in [0.1, 0.15) is 0 Å². The Bertz CT molecular complexity index is 384. The molecule has 1 aromatic rings. The van der Waals surface area contributed by atoms with Gasteiger partial charge in [0.2, 0.25) is 0 Å². The number of benzene rings is 1. The molecule has 0 aliphatic carbocycles. The molecular formula is C17H25N. The molecule has 1 aliphatic rings. The lowest BCUT2D eigenvalue weighted by Crippen LogP contribution is -2.48. The van der Waals surface area contributed by atoms with Gasteiger partial charge in [0.25, 0.3) is 0 Å². The Hall–Kier alpha value is -1.08. The molecule has 1 aliphatic heterocycles. The molecule has 98 valence electrons. The Kier molecular flexibility index (Phi) is 4.23. The van der Waals surface area contributed by atoms with E-state index in [0.29, 0.717) is 11.3 Å². The fourth-order valence-corrected chi connectivity index (χ4v) is 3.53. The first kappa shape index (κ1) is 13.4. The van der Waals surface area contributed by atoms with Gasteiger partial charge in [-0.1, -0.05) is 50.3 Å². The van der Waals surface area contributed by atoms with Gasteiger partial charge in [-0.15, -0.1) is 6.58 Å². The smallest absolute Gasteiger partial charge is 0.0160 e. The van der Waals surface area contributed by atoms with Crippen LogP contribution in [0.4, 0.5) is 0 Å². The third-order valence-corrected chi connectivity index (χ3v) is 4.72. The third kappa shape index (κ3) is 2.37. The Labute approximate surface area is 112 Å². The summed E-state index contributed by atoms with van der Waals surface area (Å²) in [5.41, 5.74) is 1.90. The Balaban J connectivity index is 2.22. The van der Waals surface area contributed by atoms with Gasteiger partial charge in [-0.25, -0.2) is 0 Å². The highest BCUT2D eigenvalue weighted by Gasteiger charge is 2.39. The van der Waals surface area contributed by atoms with Crippen molar-refractivity contribution < 1.29 is 0 Å². The topological polar surface area (TPSA) is 3.24 Å². The summed E-state index contributed by atoms with van der Waals surface area (Å²) >= 11 is 0. The predicted octanol–water partition coefficient (Wildman–Crippen LogP) is 3.86. The molecule has 0 radical (unpaired) electrons. The highest BCUT2D eigenvalue weighted by molar-refractivity contribution is 5.27. The molecule has 2 atom stereocenters. The van der Waals surface area contributed by atoms with Crippen LogP contribution in [-0.2, 0) is 5.41 Å². The average molecular weight is 243 g/mol. The zero-order valence-corrected chi connectivity index (χ0v) is 11.7. The third-order valence-electron chi connectivity index (χ3n) is 4.72. The first-order valence-corrected chi connectivity index (χ1v) is 7.11. The molecule has 0 saturated carbocycles. The van der Waals surface area contributed by atoms with Crippen molar-refractivity contribution in [2.45, 2.75) is 32.1 Å². The molecule has 0 amide bonds. The minimum absolute atomic E-state index is 0.374. The van der Waals surface area contributed by atoms with Crippen LogP contribution in [0, 0.1) is 5.92 Å². The Morgan fingerprint density at radius 3 is 2.67 bits per heavy atom. The van der Waals surface area contributed by atoms with Gasteiger partial charge in [0.15, 0.2) is 0 Å². The molecule has 18 heavy (non-hydrogen) atoms. The maximum Gasteiger partial charge on any atom is 0.0160 e. The minimum atomic E-state index is 0.374. The van der Waals surface area contributed by atoms with Crippen molar-refractivity contribution in [3.63, 3.8) is 0 Å². The Morgan fingerprint density at radius 2 is 2.11 bits per heavy atom. The first-order valence-electron chi connectivity index (χ1n) is 7.11. The van der Waals surface area contributed by atoms with E-state index in [-0.39, 0.29) is 0 Å². The maximum atomic E-state index is 3.85. The molecule has 2 rings (SSSR count). The monoisotopic (exact) mass is 243 g/mol. The molecular weight excluding hydrogens is 218 g/mol. The van der Waals surface area contributed by atoms with Crippen LogP contribution in [0.25, 0.3) is 0 Å². The lowest BCUT2D eigenvalue weighted by Gasteiger charge is -2.47. The number of nitrogens with zero attached hydrogens (tertiary/aromatic N) is 1. The van der Waals surface area contributed by atoms with E-state index in [4.69, 9.17) is 0 Å². The molecule has 1 aromatic carbocycles. The number of hydrogen-bond donors (Lipinski definition) is 0. The van der Waals surface area contributed by atoms with Gasteiger partial charge < -0.3 is 0 Å². The van der Waals surface area contributed by atoms with E-state index in [2.05, 4.69) is 55.7 Å². The second kappa shape index (κ2) is 5.71. The van der Waals surface area contributed by atoms with Gasteiger partial charge in [-0.05, 0) is 30.9 Å². The Morgan fingerprint density at radius 1 is 1.39 bits per heavy atom. The normalized spacial score (nSPS) is 29.1. The quantitative estimate of drug-likeness (QED) is 0.726. The zero-order valence-electron chi connectivity index (χ0n) is 11.7. The molecule has 1 fully saturated rings. The zero-order chi connectivity index (χ0) is 13.0. The molecule has 1 saturated heterocycles. The largest absolute Gasteiger partial charge is 0.299 e. The maximum absolute atomic E-state index is 3.85. The highest BCUT2D eigenvalue weighted by atomic mass is 15.1. The summed E-state index contributed by atoms with van der Waals surface area (Å²) in [4.78, 5) is 2.52. The molecule has 1 heterocycles. The van der Waals surface area contributed by atoms with Gasteiger partial charge in [-0.2, -0.15) is 0 Å². The number of hydrogen-bond acceptors (Lipinski definition) is 1. The van der Waals surface area contributed by atoms with Crippen molar-refractivity contribution in [1.29, 1.82) is 0 Å². The van der Waals surface area contributed by atoms with E-state index < -0.39 is 0 Å². The van der Waals surface area contributed by atoms with E-state index in [1.165, 1.54) is 31.5 Å². The molecule has 0 spiro atoms. The summed E-state index contributed by atoms with van der Waals surface area (Å²) in [5.74, 6) is 0.707. The van der Waals surface area contributed by atoms with Gasteiger partial charge in [0.05, 0.1) is 0 Å². The number of likely N-dealkylation sites (tertiary alicyclic amines) is 1. The minimum Gasteiger partial charge on any atom is -0.299 e. The van der Waals surface area contributed by atoms with E-state index >= 15 is 0 Å². The standard InChI is InChI=1S/C17H25N/c1-4-12-18-13-11-17(5-2,15(3)14-18)16-9-7-6-8-10-16/h4,6-10,15H,1,5,11-14H2,2-3H3. The number of piperidine rings is 1. The SMILES string of the molecule is C=CCN1CCC(CC)(c2ccccc2)C(C)C1. The van der Waals surface area contributed by atoms with Crippen molar-refractivity contribution in [1.82, 2.24) is 4.90 Å². The molecule has 0 aromatic heterocycles. The predicted molar refractivity (Wildman–Crippen MR) is 78.8 cm³/mol. The van der Waals surface area contributed by atoms with Crippen molar-refractivity contribution in [3.8, 4) is 0 Å². The second-order valence-electron chi connectivity index (χ2n) is 5.58. The van der Waals surface area contributed by atoms with E-state index in [1.807, 2.05) is 6.08 Å². The van der Waals surface area contributed by atoms with Gasteiger partial charge >= 0.3 is 0 Å². The molecule has 1 nitrogen and oxygen atoms in total. The molecule has 0 N–H and O–H groups in total. The van der Waals surface area contributed by atoms with Crippen molar-refractivity contribution in [2.24, 2.45) is 5.92 Å².